The van der Waals surface area contributed by atoms with Crippen molar-refractivity contribution in [3.8, 4) is 5.75 Å². The second-order valence-corrected chi connectivity index (χ2v) is 10.1. The Labute approximate surface area is 200 Å². The van der Waals surface area contributed by atoms with E-state index in [9.17, 15) is 13.5 Å². The third kappa shape index (κ3) is 10.2. The van der Waals surface area contributed by atoms with Gasteiger partial charge in [-0.15, -0.1) is 0 Å². The summed E-state index contributed by atoms with van der Waals surface area (Å²) in [4.78, 5) is 2.17. The van der Waals surface area contributed by atoms with Crippen LogP contribution in [0, 0.1) is 0 Å². The first kappa shape index (κ1) is 26.5. The Hall–Kier alpha value is -1.77. The van der Waals surface area contributed by atoms with E-state index in [1.54, 1.807) is 30.3 Å². The van der Waals surface area contributed by atoms with E-state index in [2.05, 4.69) is 16.5 Å². The highest BCUT2D eigenvalue weighted by molar-refractivity contribution is 7.92. The van der Waals surface area contributed by atoms with Gasteiger partial charge in [-0.3, -0.25) is 9.62 Å². The highest BCUT2D eigenvalue weighted by Crippen LogP contribution is 2.23. The molecule has 2 N–H and O–H groups in total. The lowest BCUT2D eigenvalue weighted by molar-refractivity contribution is 0.0715. The van der Waals surface area contributed by atoms with Gasteiger partial charge in [0.1, 0.15) is 18.5 Å². The molecule has 0 saturated heterocycles. The van der Waals surface area contributed by atoms with Crippen molar-refractivity contribution >= 4 is 45.0 Å². The van der Waals surface area contributed by atoms with Crippen molar-refractivity contribution in [1.29, 1.82) is 0 Å². The molecule has 2 aromatic carbocycles. The van der Waals surface area contributed by atoms with Crippen molar-refractivity contribution < 1.29 is 18.3 Å². The van der Waals surface area contributed by atoms with Gasteiger partial charge < -0.3 is 9.84 Å². The van der Waals surface area contributed by atoms with Crippen molar-refractivity contribution in [3.63, 3.8) is 0 Å². The molecule has 0 spiro atoms. The lowest BCUT2D eigenvalue weighted by atomic mass is 10.2. The summed E-state index contributed by atoms with van der Waals surface area (Å²) in [5, 5.41) is 11.5. The average molecular weight is 501 g/mol. The number of ether oxygens (including phenoxy) is 1. The van der Waals surface area contributed by atoms with E-state index >= 15 is 0 Å². The summed E-state index contributed by atoms with van der Waals surface area (Å²) in [7, 11) is -3.32. The predicted molar refractivity (Wildman–Crippen MR) is 133 cm³/mol. The molecule has 1 unspecified atom stereocenters. The molecule has 32 heavy (non-hydrogen) atoms. The summed E-state index contributed by atoms with van der Waals surface area (Å²) in [5.41, 5.74) is 1.42. The number of aliphatic hydroxyl groups excluding tert-OH is 1. The number of hydrogen-bond donors (Lipinski definition) is 2. The normalized spacial score (nSPS) is 12.9. The molecule has 0 aliphatic heterocycles. The van der Waals surface area contributed by atoms with Gasteiger partial charge in [-0.05, 0) is 54.9 Å². The Morgan fingerprint density at radius 1 is 1.16 bits per heavy atom. The Morgan fingerprint density at radius 2 is 1.88 bits per heavy atom. The Morgan fingerprint density at radius 3 is 2.50 bits per heavy atom. The molecular weight excluding hydrogens is 471 g/mol. The minimum Gasteiger partial charge on any atom is -0.491 e. The minimum atomic E-state index is -3.32. The summed E-state index contributed by atoms with van der Waals surface area (Å²) in [6.07, 6.45) is 6.54. The first-order valence-corrected chi connectivity index (χ1v) is 13.0. The fourth-order valence-corrected chi connectivity index (χ4v) is 3.84. The average Bonchev–Trinajstić information content (AvgIpc) is 2.73. The molecule has 6 nitrogen and oxygen atoms in total. The van der Waals surface area contributed by atoms with Crippen LogP contribution in [0.5, 0.6) is 5.75 Å². The van der Waals surface area contributed by atoms with Gasteiger partial charge in [-0.2, -0.15) is 0 Å². The maximum Gasteiger partial charge on any atom is 0.229 e. The summed E-state index contributed by atoms with van der Waals surface area (Å²) in [5.74, 6) is 0.558. The van der Waals surface area contributed by atoms with Crippen LogP contribution >= 0.6 is 23.2 Å². The van der Waals surface area contributed by atoms with E-state index in [4.69, 9.17) is 27.9 Å². The number of hydrogen-bond acceptors (Lipinski definition) is 5. The molecule has 0 aromatic heterocycles. The molecule has 0 aliphatic rings. The molecule has 0 radical (unpaired) electrons. The second kappa shape index (κ2) is 13.1. The van der Waals surface area contributed by atoms with Crippen LogP contribution in [-0.4, -0.2) is 57.0 Å². The SMILES string of the molecule is CCCCN(CC=Cc1ccc(Cl)c(Cl)c1)CC(O)COc1ccc(NS(C)(=O)=O)cc1. The fraction of sp³-hybridized carbons (Fsp3) is 0.391. The monoisotopic (exact) mass is 500 g/mol. The van der Waals surface area contributed by atoms with Gasteiger partial charge in [0.25, 0.3) is 0 Å². The quantitative estimate of drug-likeness (QED) is 0.408. The van der Waals surface area contributed by atoms with E-state index in [1.165, 1.54) is 0 Å². The van der Waals surface area contributed by atoms with Crippen LogP contribution in [0.2, 0.25) is 10.0 Å². The number of unbranched alkanes of at least 4 members (excludes halogenated alkanes) is 1. The minimum absolute atomic E-state index is 0.137. The number of aliphatic hydroxyl groups is 1. The number of halogens is 2. The van der Waals surface area contributed by atoms with Crippen LogP contribution < -0.4 is 9.46 Å². The molecule has 1 atom stereocenters. The van der Waals surface area contributed by atoms with Crippen molar-refractivity contribution in [3.05, 3.63) is 64.1 Å². The first-order chi connectivity index (χ1) is 15.2. The van der Waals surface area contributed by atoms with Gasteiger partial charge in [0.15, 0.2) is 0 Å². The van der Waals surface area contributed by atoms with Crippen LogP contribution in [0.25, 0.3) is 6.08 Å². The largest absolute Gasteiger partial charge is 0.491 e. The van der Waals surface area contributed by atoms with Crippen molar-refractivity contribution in [2.45, 2.75) is 25.9 Å². The van der Waals surface area contributed by atoms with Gasteiger partial charge in [0.05, 0.1) is 16.3 Å². The number of anilines is 1. The summed E-state index contributed by atoms with van der Waals surface area (Å²) in [6.45, 7) is 4.29. The molecule has 0 amide bonds. The molecule has 0 aliphatic carbocycles. The van der Waals surface area contributed by atoms with Crippen molar-refractivity contribution in [2.24, 2.45) is 0 Å². The van der Waals surface area contributed by atoms with Gasteiger partial charge in [-0.25, -0.2) is 8.42 Å². The number of sulfonamides is 1. The van der Waals surface area contributed by atoms with E-state index in [0.29, 0.717) is 34.6 Å². The topological polar surface area (TPSA) is 78.9 Å². The van der Waals surface area contributed by atoms with Crippen LogP contribution in [0.3, 0.4) is 0 Å². The van der Waals surface area contributed by atoms with Gasteiger partial charge in [0.2, 0.25) is 10.0 Å². The Bertz CT molecular complexity index is 982. The smallest absolute Gasteiger partial charge is 0.229 e. The van der Waals surface area contributed by atoms with E-state index < -0.39 is 16.1 Å². The molecule has 0 fully saturated rings. The zero-order valence-electron chi connectivity index (χ0n) is 18.3. The summed E-state index contributed by atoms with van der Waals surface area (Å²) < 4.78 is 30.6. The van der Waals surface area contributed by atoms with Crippen LogP contribution in [0.4, 0.5) is 5.69 Å². The molecule has 0 bridgehead atoms. The Balaban J connectivity index is 1.86. The van der Waals surface area contributed by atoms with E-state index in [-0.39, 0.29) is 6.61 Å². The van der Waals surface area contributed by atoms with Gasteiger partial charge in [-0.1, -0.05) is 54.8 Å². The molecule has 176 valence electrons. The third-order valence-corrected chi connectivity index (χ3v) is 5.86. The highest BCUT2D eigenvalue weighted by atomic mass is 35.5. The number of rotatable bonds is 13. The molecule has 2 aromatic rings. The maximum absolute atomic E-state index is 11.3. The summed E-state index contributed by atoms with van der Waals surface area (Å²) in [6, 6.07) is 12.0. The van der Waals surface area contributed by atoms with Gasteiger partial charge in [0, 0.05) is 18.8 Å². The highest BCUT2D eigenvalue weighted by Gasteiger charge is 2.12. The summed E-state index contributed by atoms with van der Waals surface area (Å²) >= 11 is 12.0. The lowest BCUT2D eigenvalue weighted by Crippen LogP contribution is -2.36. The number of benzene rings is 2. The molecule has 0 heterocycles. The standard InChI is InChI=1S/C23H30Cl2N2O4S/c1-3-4-13-27(14-5-6-18-7-12-22(24)23(25)15-18)16-20(28)17-31-21-10-8-19(9-11-21)26-32(2,29)30/h5-12,15,20,26,28H,3-4,13-14,16-17H2,1-2H3. The fourth-order valence-electron chi connectivity index (χ4n) is 2.97. The van der Waals surface area contributed by atoms with Crippen LogP contribution in [-0.2, 0) is 10.0 Å². The van der Waals surface area contributed by atoms with Crippen LogP contribution in [0.15, 0.2) is 48.5 Å². The molecule has 0 saturated carbocycles. The molecule has 9 heteroatoms. The zero-order valence-corrected chi connectivity index (χ0v) is 20.6. The predicted octanol–water partition coefficient (Wildman–Crippen LogP) is 4.92. The first-order valence-electron chi connectivity index (χ1n) is 10.4. The van der Waals surface area contributed by atoms with E-state index in [1.807, 2.05) is 24.3 Å². The molecular formula is C23H30Cl2N2O4S. The number of nitrogens with zero attached hydrogens (tertiary/aromatic N) is 1. The van der Waals surface area contributed by atoms with Gasteiger partial charge >= 0.3 is 0 Å². The Kier molecular flexibility index (Phi) is 10.8. The van der Waals surface area contributed by atoms with Crippen LogP contribution in [0.1, 0.15) is 25.3 Å². The lowest BCUT2D eigenvalue weighted by Gasteiger charge is -2.24. The van der Waals surface area contributed by atoms with Crippen molar-refractivity contribution in [2.75, 3.05) is 37.2 Å². The maximum atomic E-state index is 11.3. The van der Waals surface area contributed by atoms with Crippen molar-refractivity contribution in [1.82, 2.24) is 4.90 Å². The number of nitrogens with one attached hydrogen (secondary N) is 1. The van der Waals surface area contributed by atoms with E-state index in [0.717, 1.165) is 31.2 Å². The zero-order chi connectivity index (χ0) is 23.6. The third-order valence-electron chi connectivity index (χ3n) is 4.51. The molecule has 2 rings (SSSR count). The second-order valence-electron chi connectivity index (χ2n) is 7.55.